The van der Waals surface area contributed by atoms with E-state index in [1.807, 2.05) is 6.92 Å². The fraction of sp³-hybridized carbons (Fsp3) is 0.192. The molecular formula is C26H24Cl2N4O6. The molecule has 2 amide bonds. The molecule has 0 fully saturated rings. The van der Waals surface area contributed by atoms with Gasteiger partial charge in [0.25, 0.3) is 11.6 Å². The maximum Gasteiger partial charge on any atom is 0.269 e. The molecule has 0 atom stereocenters. The van der Waals surface area contributed by atoms with Crippen LogP contribution in [0, 0.1) is 10.1 Å². The average molecular weight is 559 g/mol. The van der Waals surface area contributed by atoms with Crippen molar-refractivity contribution >= 4 is 46.9 Å². The van der Waals surface area contributed by atoms with Gasteiger partial charge in [0.15, 0.2) is 11.5 Å². The monoisotopic (exact) mass is 558 g/mol. The van der Waals surface area contributed by atoms with E-state index < -0.39 is 4.92 Å². The van der Waals surface area contributed by atoms with Gasteiger partial charge < -0.3 is 14.8 Å². The Balaban J connectivity index is 1.49. The molecule has 12 heteroatoms. The van der Waals surface area contributed by atoms with Crippen LogP contribution in [0.1, 0.15) is 34.8 Å². The molecule has 3 aromatic carbocycles. The topological polar surface area (TPSA) is 132 Å². The Morgan fingerprint density at radius 3 is 2.45 bits per heavy atom. The van der Waals surface area contributed by atoms with Gasteiger partial charge in [-0.3, -0.25) is 19.7 Å². The predicted octanol–water partition coefficient (Wildman–Crippen LogP) is 5.15. The molecule has 0 aliphatic carbocycles. The molecule has 2 N–H and O–H groups in total. The summed E-state index contributed by atoms with van der Waals surface area (Å²) in [5.41, 5.74) is 4.17. The van der Waals surface area contributed by atoms with E-state index in [0.29, 0.717) is 34.3 Å². The second-order valence-electron chi connectivity index (χ2n) is 7.78. The number of nitrogens with one attached hydrogen (secondary N) is 2. The first-order valence-corrected chi connectivity index (χ1v) is 12.2. The molecule has 3 aromatic rings. The zero-order valence-corrected chi connectivity index (χ0v) is 21.8. The molecule has 0 spiro atoms. The molecule has 0 aliphatic heterocycles. The van der Waals surface area contributed by atoms with E-state index in [1.54, 1.807) is 30.3 Å². The number of hydrogen-bond donors (Lipinski definition) is 2. The highest BCUT2D eigenvalue weighted by atomic mass is 35.5. The highest BCUT2D eigenvalue weighted by molar-refractivity contribution is 6.42. The summed E-state index contributed by atoms with van der Waals surface area (Å²) in [7, 11) is 0. The first-order valence-electron chi connectivity index (χ1n) is 11.4. The Kier molecular flexibility index (Phi) is 10.4. The number of hydrazone groups is 1. The van der Waals surface area contributed by atoms with Crippen molar-refractivity contribution in [3.8, 4) is 11.5 Å². The van der Waals surface area contributed by atoms with Crippen LogP contribution >= 0.6 is 23.2 Å². The Hall–Kier alpha value is -4.15. The van der Waals surface area contributed by atoms with Crippen molar-refractivity contribution in [1.82, 2.24) is 10.7 Å². The number of nitrogens with zero attached hydrogens (tertiary/aromatic N) is 2. The molecule has 0 unspecified atom stereocenters. The SMILES string of the molecule is CCOc1cc(C=NNC(=O)CCNC(=O)c2ccc(Cl)c(Cl)c2)ccc1OCc1ccc([N+](=O)[O-])cc1. The second-order valence-corrected chi connectivity index (χ2v) is 8.59. The van der Waals surface area contributed by atoms with Crippen LogP contribution in [-0.2, 0) is 11.4 Å². The van der Waals surface area contributed by atoms with E-state index in [4.69, 9.17) is 32.7 Å². The number of rotatable bonds is 12. The maximum absolute atomic E-state index is 12.1. The van der Waals surface area contributed by atoms with Crippen molar-refractivity contribution < 1.29 is 24.0 Å². The van der Waals surface area contributed by atoms with E-state index in [0.717, 1.165) is 5.56 Å². The Bertz CT molecular complexity index is 1330. The minimum Gasteiger partial charge on any atom is -0.490 e. The molecule has 198 valence electrons. The molecule has 0 aliphatic rings. The standard InChI is InChI=1S/C26H24Cl2N4O6/c1-2-37-24-13-18(5-10-23(24)38-16-17-3-7-20(8-4-17)32(35)36)15-30-31-25(33)11-12-29-26(34)19-6-9-21(27)22(28)14-19/h3-10,13-15H,2,11-12,16H2,1H3,(H,29,34)(H,31,33). The molecule has 3 rings (SSSR count). The van der Waals surface area contributed by atoms with E-state index in [1.165, 1.54) is 36.5 Å². The molecule has 0 saturated carbocycles. The number of benzene rings is 3. The number of non-ortho nitro benzene ring substituents is 1. The third kappa shape index (κ3) is 8.46. The summed E-state index contributed by atoms with van der Waals surface area (Å²) >= 11 is 11.8. The zero-order chi connectivity index (χ0) is 27.5. The van der Waals surface area contributed by atoms with E-state index >= 15 is 0 Å². The number of carbonyl (C=O) groups excluding carboxylic acids is 2. The van der Waals surface area contributed by atoms with Gasteiger partial charge >= 0.3 is 0 Å². The van der Waals surface area contributed by atoms with Gasteiger partial charge in [0.2, 0.25) is 5.91 Å². The van der Waals surface area contributed by atoms with Crippen LogP contribution in [0.5, 0.6) is 11.5 Å². The largest absolute Gasteiger partial charge is 0.490 e. The lowest BCUT2D eigenvalue weighted by Crippen LogP contribution is -2.29. The number of halogens is 2. The summed E-state index contributed by atoms with van der Waals surface area (Å²) in [6.07, 6.45) is 1.47. The van der Waals surface area contributed by atoms with Crippen molar-refractivity contribution in [3.05, 3.63) is 97.5 Å². The normalized spacial score (nSPS) is 10.7. The van der Waals surface area contributed by atoms with Crippen molar-refractivity contribution in [3.63, 3.8) is 0 Å². The van der Waals surface area contributed by atoms with Gasteiger partial charge in [0.05, 0.1) is 27.8 Å². The molecule has 0 radical (unpaired) electrons. The molecule has 38 heavy (non-hydrogen) atoms. The quantitative estimate of drug-likeness (QED) is 0.179. The van der Waals surface area contributed by atoms with Gasteiger partial charge in [-0.1, -0.05) is 23.2 Å². The van der Waals surface area contributed by atoms with Crippen LogP contribution < -0.4 is 20.2 Å². The minimum absolute atomic E-state index is 0.00698. The lowest BCUT2D eigenvalue weighted by Gasteiger charge is -2.12. The lowest BCUT2D eigenvalue weighted by atomic mass is 10.2. The van der Waals surface area contributed by atoms with Gasteiger partial charge in [0.1, 0.15) is 6.61 Å². The summed E-state index contributed by atoms with van der Waals surface area (Å²) in [5.74, 6) is 0.210. The molecular weight excluding hydrogens is 535 g/mol. The number of ether oxygens (including phenoxy) is 2. The number of amides is 2. The van der Waals surface area contributed by atoms with Crippen LogP contribution in [0.2, 0.25) is 10.0 Å². The Morgan fingerprint density at radius 1 is 1.00 bits per heavy atom. The fourth-order valence-corrected chi connectivity index (χ4v) is 3.43. The molecule has 0 bridgehead atoms. The third-order valence-corrected chi connectivity index (χ3v) is 5.77. The molecule has 10 nitrogen and oxygen atoms in total. The van der Waals surface area contributed by atoms with Gasteiger partial charge in [-0.25, -0.2) is 5.43 Å². The third-order valence-electron chi connectivity index (χ3n) is 5.03. The van der Waals surface area contributed by atoms with Crippen LogP contribution in [-0.4, -0.2) is 36.1 Å². The zero-order valence-electron chi connectivity index (χ0n) is 20.3. The van der Waals surface area contributed by atoms with Gasteiger partial charge in [-0.15, -0.1) is 0 Å². The summed E-state index contributed by atoms with van der Waals surface area (Å²) in [6, 6.07) is 15.7. The van der Waals surface area contributed by atoms with E-state index in [9.17, 15) is 19.7 Å². The summed E-state index contributed by atoms with van der Waals surface area (Å²) in [6.45, 7) is 2.54. The van der Waals surface area contributed by atoms with Gasteiger partial charge in [0, 0.05) is 30.7 Å². The predicted molar refractivity (Wildman–Crippen MR) is 144 cm³/mol. The van der Waals surface area contributed by atoms with Gasteiger partial charge in [-0.05, 0) is 66.6 Å². The van der Waals surface area contributed by atoms with E-state index in [2.05, 4.69) is 15.8 Å². The van der Waals surface area contributed by atoms with Crippen molar-refractivity contribution in [2.45, 2.75) is 20.0 Å². The first kappa shape index (κ1) is 28.4. The summed E-state index contributed by atoms with van der Waals surface area (Å²) < 4.78 is 11.5. The van der Waals surface area contributed by atoms with Crippen LogP contribution in [0.4, 0.5) is 5.69 Å². The first-order chi connectivity index (χ1) is 18.3. The minimum atomic E-state index is -0.460. The molecule has 0 saturated heterocycles. The van der Waals surface area contributed by atoms with Crippen molar-refractivity contribution in [2.24, 2.45) is 5.10 Å². The second kappa shape index (κ2) is 14.0. The van der Waals surface area contributed by atoms with Crippen molar-refractivity contribution in [2.75, 3.05) is 13.2 Å². The summed E-state index contributed by atoms with van der Waals surface area (Å²) in [5, 5.41) is 18.0. The van der Waals surface area contributed by atoms with Crippen molar-refractivity contribution in [1.29, 1.82) is 0 Å². The Labute approximate surface area is 228 Å². The molecule has 0 heterocycles. The van der Waals surface area contributed by atoms with Crippen LogP contribution in [0.3, 0.4) is 0 Å². The average Bonchev–Trinajstić information content (AvgIpc) is 2.90. The highest BCUT2D eigenvalue weighted by Gasteiger charge is 2.10. The summed E-state index contributed by atoms with van der Waals surface area (Å²) in [4.78, 5) is 34.5. The number of nitro groups is 1. The smallest absolute Gasteiger partial charge is 0.269 e. The lowest BCUT2D eigenvalue weighted by molar-refractivity contribution is -0.384. The van der Waals surface area contributed by atoms with Gasteiger partial charge in [-0.2, -0.15) is 5.10 Å². The fourth-order valence-electron chi connectivity index (χ4n) is 3.13. The number of nitro benzene ring substituents is 1. The maximum atomic E-state index is 12.1. The van der Waals surface area contributed by atoms with E-state index in [-0.39, 0.29) is 42.1 Å². The van der Waals surface area contributed by atoms with Crippen LogP contribution in [0.25, 0.3) is 0 Å². The highest BCUT2D eigenvalue weighted by Crippen LogP contribution is 2.29. The Morgan fingerprint density at radius 2 is 1.76 bits per heavy atom. The molecule has 0 aromatic heterocycles. The number of carbonyl (C=O) groups is 2. The van der Waals surface area contributed by atoms with Crippen LogP contribution in [0.15, 0.2) is 65.8 Å². The number of hydrogen-bond acceptors (Lipinski definition) is 7.